The third kappa shape index (κ3) is 5.05. The summed E-state index contributed by atoms with van der Waals surface area (Å²) in [5.41, 5.74) is 5.45. The van der Waals surface area contributed by atoms with Gasteiger partial charge in [-0.1, -0.05) is 45.0 Å². The summed E-state index contributed by atoms with van der Waals surface area (Å²) in [7, 11) is 0. The molecule has 0 aliphatic heterocycles. The number of carbonyl (C=O) groups is 1. The van der Waals surface area contributed by atoms with Crippen LogP contribution < -0.4 is 0 Å². The Morgan fingerprint density at radius 3 is 2.27 bits per heavy atom. The second kappa shape index (κ2) is 8.81. The van der Waals surface area contributed by atoms with Crippen LogP contribution in [0.15, 0.2) is 24.3 Å². The van der Waals surface area contributed by atoms with Crippen molar-refractivity contribution in [2.75, 3.05) is 0 Å². The molecule has 0 saturated carbocycles. The number of allylic oxidation sites excluding steroid dienone is 1. The number of esters is 1. The highest BCUT2D eigenvalue weighted by Crippen LogP contribution is 2.39. The van der Waals surface area contributed by atoms with Gasteiger partial charge in [0.2, 0.25) is 6.29 Å². The summed E-state index contributed by atoms with van der Waals surface area (Å²) in [6.07, 6.45) is -0.324. The first-order chi connectivity index (χ1) is 15.2. The zero-order valence-corrected chi connectivity index (χ0v) is 21.4. The maximum atomic E-state index is 12.5. The molecule has 0 spiro atoms. The molecule has 1 aromatic carbocycles. The van der Waals surface area contributed by atoms with Crippen LogP contribution >= 0.6 is 0 Å². The molecule has 2 aromatic rings. The summed E-state index contributed by atoms with van der Waals surface area (Å²) in [5.74, 6) is 0.208. The quantitative estimate of drug-likeness (QED) is 0.453. The van der Waals surface area contributed by atoms with Crippen molar-refractivity contribution in [3.8, 4) is 0 Å². The van der Waals surface area contributed by atoms with E-state index in [9.17, 15) is 4.79 Å². The minimum absolute atomic E-state index is 0.0348. The molecule has 1 aliphatic rings. The van der Waals surface area contributed by atoms with Gasteiger partial charge in [-0.25, -0.2) is 0 Å². The number of nitrogens with zero attached hydrogens (tertiary/aromatic N) is 2. The van der Waals surface area contributed by atoms with Crippen molar-refractivity contribution in [2.45, 2.75) is 87.0 Å². The van der Waals surface area contributed by atoms with Gasteiger partial charge in [0.15, 0.2) is 5.76 Å². The highest BCUT2D eigenvalue weighted by molar-refractivity contribution is 6.30. The molecule has 0 saturated heterocycles. The molecule has 3 rings (SSSR count). The van der Waals surface area contributed by atoms with E-state index in [2.05, 4.69) is 38.0 Å². The predicted octanol–water partition coefficient (Wildman–Crippen LogP) is 5.90. The van der Waals surface area contributed by atoms with Gasteiger partial charge in [-0.3, -0.25) is 9.48 Å². The fraction of sp³-hybridized carbons (Fsp3) is 0.519. The number of ether oxygens (including phenoxy) is 2. The molecule has 0 radical (unpaired) electrons. The molecule has 1 aliphatic carbocycles. The molecule has 0 amide bonds. The van der Waals surface area contributed by atoms with E-state index in [0.717, 1.165) is 28.1 Å². The van der Waals surface area contributed by atoms with Gasteiger partial charge < -0.3 is 14.9 Å². The minimum Gasteiger partial charge on any atom is -0.452 e. The van der Waals surface area contributed by atoms with Crippen LogP contribution in [0.4, 0.5) is 0 Å². The third-order valence-corrected chi connectivity index (χ3v) is 5.86. The lowest BCUT2D eigenvalue weighted by atomic mass is 9.84. The fourth-order valence-corrected chi connectivity index (χ4v) is 3.91. The number of fused-ring (bicyclic) bond motifs is 1. The first kappa shape index (κ1) is 24.7. The lowest BCUT2D eigenvalue weighted by molar-refractivity contribution is -0.173. The average molecular weight is 452 g/mol. The fourth-order valence-electron chi connectivity index (χ4n) is 3.91. The maximum absolute atomic E-state index is 12.5. The molecular weight excluding hydrogens is 414 g/mol. The number of benzene rings is 1. The number of nitrogens with one attached hydrogen (secondary N) is 1. The van der Waals surface area contributed by atoms with Gasteiger partial charge in [0, 0.05) is 36.7 Å². The highest BCUT2D eigenvalue weighted by atomic mass is 16.7. The Labute approximate surface area is 197 Å². The molecule has 1 aromatic heterocycles. The lowest BCUT2D eigenvalue weighted by Gasteiger charge is -2.28. The van der Waals surface area contributed by atoms with Crippen molar-refractivity contribution in [3.05, 3.63) is 52.3 Å². The van der Waals surface area contributed by atoms with Gasteiger partial charge in [0.1, 0.15) is 5.69 Å². The van der Waals surface area contributed by atoms with E-state index < -0.39 is 11.7 Å². The summed E-state index contributed by atoms with van der Waals surface area (Å²) >= 11 is 0. The van der Waals surface area contributed by atoms with Crippen LogP contribution in [0, 0.1) is 17.7 Å². The summed E-state index contributed by atoms with van der Waals surface area (Å²) in [6.45, 7) is 18.4. The zero-order chi connectivity index (χ0) is 24.7. The third-order valence-electron chi connectivity index (χ3n) is 5.86. The molecule has 6 nitrogen and oxygen atoms in total. The molecule has 1 atom stereocenters. The summed E-state index contributed by atoms with van der Waals surface area (Å²) in [6, 6.07) is 8.30. The van der Waals surface area contributed by atoms with Crippen LogP contribution in [0.5, 0.6) is 0 Å². The van der Waals surface area contributed by atoms with E-state index in [0.29, 0.717) is 24.4 Å². The van der Waals surface area contributed by atoms with E-state index in [-0.39, 0.29) is 11.4 Å². The normalized spacial score (nSPS) is 15.4. The molecule has 0 fully saturated rings. The van der Waals surface area contributed by atoms with Gasteiger partial charge in [-0.05, 0) is 51.2 Å². The number of hydrogen-bond acceptors (Lipinski definition) is 5. The Balaban J connectivity index is 2.13. The van der Waals surface area contributed by atoms with Crippen LogP contribution in [0.1, 0.15) is 83.5 Å². The first-order valence-corrected chi connectivity index (χ1v) is 11.6. The number of hydrogen-bond donors (Lipinski definition) is 1. The molecule has 33 heavy (non-hydrogen) atoms. The largest absolute Gasteiger partial charge is 0.452 e. The van der Waals surface area contributed by atoms with E-state index in [4.69, 9.17) is 14.9 Å². The second-order valence-electron chi connectivity index (χ2n) is 10.8. The Kier molecular flexibility index (Phi) is 6.60. The van der Waals surface area contributed by atoms with Gasteiger partial charge in [0.25, 0.3) is 0 Å². The minimum atomic E-state index is -0.810. The maximum Gasteiger partial charge on any atom is 0.314 e. The molecule has 178 valence electrons. The van der Waals surface area contributed by atoms with Crippen LogP contribution in [-0.2, 0) is 32.6 Å². The molecule has 1 heterocycles. The number of carbonyl (C=O) groups excluding carboxylic acids is 1. The van der Waals surface area contributed by atoms with Crippen LogP contribution in [-0.4, -0.2) is 27.8 Å². The Morgan fingerprint density at radius 2 is 1.76 bits per heavy atom. The van der Waals surface area contributed by atoms with Crippen LogP contribution in [0.2, 0.25) is 0 Å². The zero-order valence-electron chi connectivity index (χ0n) is 21.4. The molecular formula is C27H37N3O3. The van der Waals surface area contributed by atoms with E-state index in [1.807, 2.05) is 51.4 Å². The second-order valence-corrected chi connectivity index (χ2v) is 10.8. The Morgan fingerprint density at radius 1 is 1.15 bits per heavy atom. The number of aromatic nitrogens is 2. The molecule has 0 bridgehead atoms. The van der Waals surface area contributed by atoms with Crippen LogP contribution in [0.3, 0.4) is 0 Å². The molecule has 1 N–H and O–H groups in total. The topological polar surface area (TPSA) is 77.2 Å². The molecule has 6 heteroatoms. The van der Waals surface area contributed by atoms with Gasteiger partial charge in [0.05, 0.1) is 11.1 Å². The monoisotopic (exact) mass is 451 g/mol. The Bertz CT molecular complexity index is 1090. The number of aryl methyl sites for hydroxylation is 2. The van der Waals surface area contributed by atoms with Crippen LogP contribution in [0.25, 0.3) is 11.3 Å². The molecule has 1 unspecified atom stereocenters. The first-order valence-electron chi connectivity index (χ1n) is 11.6. The van der Waals surface area contributed by atoms with E-state index in [1.165, 1.54) is 5.56 Å². The Hall–Kier alpha value is -2.89. The smallest absolute Gasteiger partial charge is 0.314 e. The van der Waals surface area contributed by atoms with E-state index in [1.54, 1.807) is 6.92 Å². The predicted molar refractivity (Wildman–Crippen MR) is 132 cm³/mol. The van der Waals surface area contributed by atoms with Gasteiger partial charge in [-0.2, -0.15) is 5.10 Å². The summed E-state index contributed by atoms with van der Waals surface area (Å²) < 4.78 is 13.8. The van der Waals surface area contributed by atoms with Crippen molar-refractivity contribution in [1.29, 1.82) is 5.41 Å². The van der Waals surface area contributed by atoms with Crippen molar-refractivity contribution in [2.24, 2.45) is 5.41 Å². The highest BCUT2D eigenvalue weighted by Gasteiger charge is 2.33. The van der Waals surface area contributed by atoms with E-state index >= 15 is 0 Å². The standard InChI is InChI=1S/C27H37N3O3/c1-10-30-23-20(16(2)29-30)15-21(28)22(18-11-13-19(14-12-18)26(4,5)6)24(23)32-17(3)33-25(31)27(7,8)9/h11-14,17,28H,10,15H2,1-9H3. The van der Waals surface area contributed by atoms with Gasteiger partial charge in [-0.15, -0.1) is 0 Å². The summed E-state index contributed by atoms with van der Waals surface area (Å²) in [4.78, 5) is 12.5. The number of rotatable bonds is 5. The summed E-state index contributed by atoms with van der Waals surface area (Å²) in [5, 5.41) is 13.6. The van der Waals surface area contributed by atoms with Crippen molar-refractivity contribution < 1.29 is 14.3 Å². The van der Waals surface area contributed by atoms with Crippen molar-refractivity contribution in [3.63, 3.8) is 0 Å². The van der Waals surface area contributed by atoms with Crippen molar-refractivity contribution in [1.82, 2.24) is 9.78 Å². The van der Waals surface area contributed by atoms with Crippen molar-refractivity contribution >= 4 is 23.0 Å². The average Bonchev–Trinajstić information content (AvgIpc) is 3.02. The lowest BCUT2D eigenvalue weighted by Crippen LogP contribution is -2.29. The SMILES string of the molecule is CCn1nc(C)c2c1C(OC(C)OC(=O)C(C)(C)C)=C(c1ccc(C(C)(C)C)cc1)C(=N)C2. The van der Waals surface area contributed by atoms with Gasteiger partial charge >= 0.3 is 5.97 Å².